The highest BCUT2D eigenvalue weighted by Crippen LogP contribution is 2.53. The van der Waals surface area contributed by atoms with Gasteiger partial charge >= 0.3 is 0 Å². The quantitative estimate of drug-likeness (QED) is 0.355. The monoisotopic (exact) mass is 549 g/mol. The van der Waals surface area contributed by atoms with Crippen molar-refractivity contribution in [2.75, 3.05) is 15.6 Å². The number of fused-ring (bicyclic) bond motifs is 2. The van der Waals surface area contributed by atoms with Gasteiger partial charge in [-0.15, -0.1) is 0 Å². The summed E-state index contributed by atoms with van der Waals surface area (Å²) >= 11 is 11.8. The largest absolute Gasteiger partial charge is 0.304 e. The molecular weight excluding hydrogens is 536 g/mol. The molecule has 184 valence electrons. The summed E-state index contributed by atoms with van der Waals surface area (Å²) in [6.07, 6.45) is 0. The standard InChI is InChI=1S/C23H14Cl2FN3O6S/c24-14-3-1-13(2-4-14)11-27-20-8-6-16(29(32)33)9-17(20)23(22(27)31)28(21(30)12-36(23,34)35)15-5-7-19(26)18(25)10-15/h1-10H,11-12H2. The minimum Gasteiger partial charge on any atom is -0.304 e. The van der Waals surface area contributed by atoms with Crippen LogP contribution < -0.4 is 9.80 Å². The van der Waals surface area contributed by atoms with Crippen molar-refractivity contribution in [2.24, 2.45) is 0 Å². The fourth-order valence-electron chi connectivity index (χ4n) is 4.59. The molecule has 0 saturated carbocycles. The van der Waals surface area contributed by atoms with E-state index in [1.54, 1.807) is 24.3 Å². The Hall–Kier alpha value is -3.54. The predicted molar refractivity (Wildman–Crippen MR) is 130 cm³/mol. The van der Waals surface area contributed by atoms with Crippen LogP contribution in [-0.2, 0) is 30.8 Å². The van der Waals surface area contributed by atoms with E-state index in [0.717, 1.165) is 40.1 Å². The molecule has 36 heavy (non-hydrogen) atoms. The summed E-state index contributed by atoms with van der Waals surface area (Å²) in [6, 6.07) is 12.9. The average molecular weight is 550 g/mol. The topological polar surface area (TPSA) is 118 Å². The summed E-state index contributed by atoms with van der Waals surface area (Å²) < 4.78 is 41.1. The molecule has 1 unspecified atom stereocenters. The smallest absolute Gasteiger partial charge is 0.274 e. The number of nitrogens with zero attached hydrogens (tertiary/aromatic N) is 3. The van der Waals surface area contributed by atoms with Crippen LogP contribution in [0.3, 0.4) is 0 Å². The number of hydrogen-bond donors (Lipinski definition) is 0. The van der Waals surface area contributed by atoms with Crippen molar-refractivity contribution < 1.29 is 27.3 Å². The lowest BCUT2D eigenvalue weighted by atomic mass is 10.0. The molecule has 2 amide bonds. The van der Waals surface area contributed by atoms with Gasteiger partial charge in [0.25, 0.3) is 16.5 Å². The highest BCUT2D eigenvalue weighted by molar-refractivity contribution is 7.94. The molecular formula is C23H14Cl2FN3O6S. The molecule has 2 heterocycles. The number of nitro groups is 1. The maximum atomic E-state index is 14.1. The van der Waals surface area contributed by atoms with Crippen LogP contribution in [0.5, 0.6) is 0 Å². The summed E-state index contributed by atoms with van der Waals surface area (Å²) in [5.41, 5.74) is -0.196. The molecule has 2 aliphatic rings. The fourth-order valence-corrected chi connectivity index (χ4v) is 6.92. The van der Waals surface area contributed by atoms with Gasteiger partial charge in [-0.1, -0.05) is 35.3 Å². The van der Waals surface area contributed by atoms with Crippen LogP contribution in [0.2, 0.25) is 10.0 Å². The third-order valence-electron chi connectivity index (χ3n) is 6.13. The fraction of sp³-hybridized carbons (Fsp3) is 0.130. The molecule has 1 spiro atoms. The Kier molecular flexibility index (Phi) is 5.54. The average Bonchev–Trinajstić information content (AvgIpc) is 3.19. The summed E-state index contributed by atoms with van der Waals surface area (Å²) in [5.74, 6) is -3.82. The molecule has 0 N–H and O–H groups in total. The van der Waals surface area contributed by atoms with E-state index < -0.39 is 53.7 Å². The van der Waals surface area contributed by atoms with Crippen molar-refractivity contribution in [1.82, 2.24) is 0 Å². The lowest BCUT2D eigenvalue weighted by Crippen LogP contribution is -2.54. The normalized spacial score (nSPS) is 20.3. The summed E-state index contributed by atoms with van der Waals surface area (Å²) in [5, 5.41) is 11.6. The number of anilines is 2. The van der Waals surface area contributed by atoms with Gasteiger partial charge < -0.3 is 4.90 Å². The van der Waals surface area contributed by atoms with Gasteiger partial charge in [0.1, 0.15) is 11.6 Å². The molecule has 0 radical (unpaired) electrons. The SMILES string of the molecule is O=C1CS(=O)(=O)C2(C(=O)N(Cc3ccc(Cl)cc3)c3ccc([N+](=O)[O-])cc32)N1c1ccc(F)c(Cl)c1. The molecule has 0 bridgehead atoms. The first-order chi connectivity index (χ1) is 17.0. The van der Waals surface area contributed by atoms with Gasteiger partial charge in [0.05, 0.1) is 22.2 Å². The van der Waals surface area contributed by atoms with E-state index in [1.807, 2.05) is 0 Å². The van der Waals surface area contributed by atoms with Crippen LogP contribution in [0.1, 0.15) is 11.1 Å². The number of amides is 2. The Morgan fingerprint density at radius 2 is 1.72 bits per heavy atom. The molecule has 0 aliphatic carbocycles. The zero-order chi connectivity index (χ0) is 26.0. The summed E-state index contributed by atoms with van der Waals surface area (Å²) in [6.45, 7) is -0.107. The molecule has 1 atom stereocenters. The van der Waals surface area contributed by atoms with E-state index in [4.69, 9.17) is 23.2 Å². The summed E-state index contributed by atoms with van der Waals surface area (Å²) in [7, 11) is -4.59. The van der Waals surface area contributed by atoms with Gasteiger partial charge in [0.2, 0.25) is 5.91 Å². The Bertz CT molecular complexity index is 1580. The van der Waals surface area contributed by atoms with Crippen molar-refractivity contribution in [3.05, 3.63) is 97.8 Å². The first kappa shape index (κ1) is 24.2. The van der Waals surface area contributed by atoms with Gasteiger partial charge in [0.15, 0.2) is 9.84 Å². The van der Waals surface area contributed by atoms with Gasteiger partial charge in [-0.05, 0) is 42.0 Å². The number of nitro benzene ring substituents is 1. The van der Waals surface area contributed by atoms with Gasteiger partial charge in [-0.3, -0.25) is 24.6 Å². The van der Waals surface area contributed by atoms with Crippen LogP contribution in [0.15, 0.2) is 60.7 Å². The molecule has 9 nitrogen and oxygen atoms in total. The van der Waals surface area contributed by atoms with Crippen LogP contribution >= 0.6 is 23.2 Å². The van der Waals surface area contributed by atoms with Gasteiger partial charge in [0, 0.05) is 28.4 Å². The predicted octanol–water partition coefficient (Wildman–Crippen LogP) is 4.20. The Morgan fingerprint density at radius 3 is 2.36 bits per heavy atom. The molecule has 1 fully saturated rings. The van der Waals surface area contributed by atoms with Crippen molar-refractivity contribution in [1.29, 1.82) is 0 Å². The number of carbonyl (C=O) groups excluding carboxylic acids is 2. The zero-order valence-corrected chi connectivity index (χ0v) is 20.3. The molecule has 5 rings (SSSR count). The lowest BCUT2D eigenvalue weighted by Gasteiger charge is -2.32. The van der Waals surface area contributed by atoms with Crippen molar-refractivity contribution in [3.8, 4) is 0 Å². The second-order valence-corrected chi connectivity index (χ2v) is 11.2. The van der Waals surface area contributed by atoms with E-state index in [-0.39, 0.29) is 23.5 Å². The Balaban J connectivity index is 1.79. The molecule has 1 saturated heterocycles. The summed E-state index contributed by atoms with van der Waals surface area (Å²) in [4.78, 5) is 37.3. The van der Waals surface area contributed by atoms with Gasteiger partial charge in [-0.25, -0.2) is 12.8 Å². The van der Waals surface area contributed by atoms with Crippen LogP contribution in [0.4, 0.5) is 21.5 Å². The maximum absolute atomic E-state index is 14.1. The van der Waals surface area contributed by atoms with Crippen molar-refractivity contribution in [2.45, 2.75) is 11.4 Å². The highest BCUT2D eigenvalue weighted by atomic mass is 35.5. The number of halogens is 3. The van der Waals surface area contributed by atoms with E-state index in [2.05, 4.69) is 0 Å². The maximum Gasteiger partial charge on any atom is 0.274 e. The Labute approximate surface area is 213 Å². The molecule has 2 aliphatic heterocycles. The highest BCUT2D eigenvalue weighted by Gasteiger charge is 2.70. The Morgan fingerprint density at radius 1 is 1.03 bits per heavy atom. The third kappa shape index (κ3) is 3.38. The lowest BCUT2D eigenvalue weighted by molar-refractivity contribution is -0.384. The molecule has 13 heteroatoms. The third-order valence-corrected chi connectivity index (χ3v) is 8.77. The molecule has 3 aromatic rings. The van der Waals surface area contributed by atoms with Crippen molar-refractivity contribution in [3.63, 3.8) is 0 Å². The minimum atomic E-state index is -4.59. The van der Waals surface area contributed by atoms with Crippen LogP contribution in [0.25, 0.3) is 0 Å². The number of non-ortho nitro benzene ring substituents is 1. The van der Waals surface area contributed by atoms with Crippen LogP contribution in [0, 0.1) is 15.9 Å². The first-order valence-electron chi connectivity index (χ1n) is 10.3. The van der Waals surface area contributed by atoms with E-state index in [9.17, 15) is 32.5 Å². The van der Waals surface area contributed by atoms with E-state index in [0.29, 0.717) is 10.6 Å². The van der Waals surface area contributed by atoms with E-state index >= 15 is 0 Å². The zero-order valence-electron chi connectivity index (χ0n) is 18.0. The number of benzene rings is 3. The second-order valence-electron chi connectivity index (χ2n) is 8.21. The minimum absolute atomic E-state index is 0.0806. The molecule has 0 aromatic heterocycles. The number of sulfone groups is 1. The number of rotatable bonds is 4. The number of carbonyl (C=O) groups is 2. The number of hydrogen-bond acceptors (Lipinski definition) is 6. The van der Waals surface area contributed by atoms with Crippen LogP contribution in [-0.4, -0.2) is 30.9 Å². The first-order valence-corrected chi connectivity index (χ1v) is 12.7. The van der Waals surface area contributed by atoms with Crippen molar-refractivity contribution >= 4 is 61.9 Å². The molecule has 3 aromatic carbocycles. The second kappa shape index (κ2) is 8.26. The van der Waals surface area contributed by atoms with E-state index in [1.165, 1.54) is 6.07 Å². The van der Waals surface area contributed by atoms with Gasteiger partial charge in [-0.2, -0.15) is 0 Å².